The molecule has 1 aliphatic heterocycles. The molecular formula is C25H18IN3O2. The normalized spacial score (nSPS) is 14.5. The van der Waals surface area contributed by atoms with Gasteiger partial charge in [-0.05, 0) is 77.6 Å². The summed E-state index contributed by atoms with van der Waals surface area (Å²) in [6, 6.07) is 21.0. The number of anilines is 1. The van der Waals surface area contributed by atoms with Crippen LogP contribution in [0.2, 0.25) is 0 Å². The number of nitrogens with zero attached hydrogens (tertiary/aromatic N) is 3. The van der Waals surface area contributed by atoms with Crippen LogP contribution in [-0.4, -0.2) is 22.5 Å². The maximum absolute atomic E-state index is 13.6. The van der Waals surface area contributed by atoms with Gasteiger partial charge in [-0.15, -0.1) is 0 Å². The van der Waals surface area contributed by atoms with Crippen molar-refractivity contribution in [2.75, 3.05) is 11.9 Å². The first-order valence-electron chi connectivity index (χ1n) is 9.82. The number of fused-ring (bicyclic) bond motifs is 2. The summed E-state index contributed by atoms with van der Waals surface area (Å²) in [6.07, 6.45) is 1.73. The maximum Gasteiger partial charge on any atom is 0.266 e. The van der Waals surface area contributed by atoms with Gasteiger partial charge in [-0.2, -0.15) is 0 Å². The molecule has 5 nitrogen and oxygen atoms in total. The van der Waals surface area contributed by atoms with Crippen molar-refractivity contribution < 1.29 is 4.79 Å². The number of aryl methyl sites for hydroxylation is 1. The Bertz CT molecular complexity index is 1470. The van der Waals surface area contributed by atoms with Crippen LogP contribution in [0.25, 0.3) is 28.2 Å². The minimum absolute atomic E-state index is 0.117. The van der Waals surface area contributed by atoms with Crippen LogP contribution < -0.4 is 10.5 Å². The molecule has 1 amide bonds. The van der Waals surface area contributed by atoms with Gasteiger partial charge in [-0.3, -0.25) is 14.2 Å². The van der Waals surface area contributed by atoms with E-state index in [0.29, 0.717) is 22.3 Å². The van der Waals surface area contributed by atoms with Gasteiger partial charge in [0, 0.05) is 16.2 Å². The summed E-state index contributed by atoms with van der Waals surface area (Å²) in [6.45, 7) is 1.98. The van der Waals surface area contributed by atoms with Gasteiger partial charge in [0.2, 0.25) is 0 Å². The highest BCUT2D eigenvalue weighted by molar-refractivity contribution is 14.1. The van der Waals surface area contributed by atoms with E-state index in [1.54, 1.807) is 22.6 Å². The Morgan fingerprint density at radius 3 is 2.58 bits per heavy atom. The number of hydrogen-bond donors (Lipinski definition) is 0. The average Bonchev–Trinajstić information content (AvgIpc) is 3.00. The molecule has 0 radical (unpaired) electrons. The monoisotopic (exact) mass is 519 g/mol. The van der Waals surface area contributed by atoms with Gasteiger partial charge in [-0.25, -0.2) is 4.98 Å². The zero-order valence-corrected chi connectivity index (χ0v) is 19.1. The number of hydrogen-bond acceptors (Lipinski definition) is 3. The second kappa shape index (κ2) is 7.46. The zero-order valence-electron chi connectivity index (χ0n) is 17.0. The number of amides is 1. The number of rotatable bonds is 2. The van der Waals surface area contributed by atoms with Crippen molar-refractivity contribution in [3.05, 3.63) is 97.6 Å². The summed E-state index contributed by atoms with van der Waals surface area (Å²) in [7, 11) is 1.76. The Kier molecular flexibility index (Phi) is 4.74. The molecule has 0 N–H and O–H groups in total. The largest absolute Gasteiger partial charge is 0.311 e. The predicted molar refractivity (Wildman–Crippen MR) is 133 cm³/mol. The summed E-state index contributed by atoms with van der Waals surface area (Å²) in [5.41, 5.74) is 4.41. The van der Waals surface area contributed by atoms with Crippen molar-refractivity contribution in [1.29, 1.82) is 0 Å². The molecule has 31 heavy (non-hydrogen) atoms. The molecule has 1 aliphatic rings. The minimum atomic E-state index is -0.159. The Balaban J connectivity index is 1.84. The van der Waals surface area contributed by atoms with Crippen molar-refractivity contribution in [1.82, 2.24) is 9.55 Å². The number of aromatic nitrogens is 2. The summed E-state index contributed by atoms with van der Waals surface area (Å²) in [5.74, 6) is 0.312. The number of carbonyl (C=O) groups excluding carboxylic acids is 1. The van der Waals surface area contributed by atoms with Crippen LogP contribution in [0.5, 0.6) is 0 Å². The van der Waals surface area contributed by atoms with E-state index in [1.807, 2.05) is 73.7 Å². The molecule has 0 unspecified atom stereocenters. The highest BCUT2D eigenvalue weighted by Crippen LogP contribution is 2.36. The van der Waals surface area contributed by atoms with Gasteiger partial charge in [-0.1, -0.05) is 30.3 Å². The fourth-order valence-corrected chi connectivity index (χ4v) is 4.45. The highest BCUT2D eigenvalue weighted by atomic mass is 127. The van der Waals surface area contributed by atoms with E-state index in [2.05, 4.69) is 22.6 Å². The van der Waals surface area contributed by atoms with Crippen LogP contribution in [0.3, 0.4) is 0 Å². The lowest BCUT2D eigenvalue weighted by Crippen LogP contribution is -2.23. The van der Waals surface area contributed by atoms with E-state index in [-0.39, 0.29) is 11.5 Å². The van der Waals surface area contributed by atoms with Gasteiger partial charge in [0.15, 0.2) is 0 Å². The minimum Gasteiger partial charge on any atom is -0.311 e. The molecule has 0 fully saturated rings. The molecule has 0 aliphatic carbocycles. The molecule has 5 rings (SSSR count). The summed E-state index contributed by atoms with van der Waals surface area (Å²) in [5, 5.41) is 0.547. The van der Waals surface area contributed by atoms with Gasteiger partial charge >= 0.3 is 0 Å². The molecule has 0 atom stereocenters. The number of para-hydroxylation sites is 1. The lowest BCUT2D eigenvalue weighted by Gasteiger charge is -2.13. The second-order valence-electron chi connectivity index (χ2n) is 7.55. The third-order valence-electron chi connectivity index (χ3n) is 5.48. The fraction of sp³-hybridized carbons (Fsp3) is 0.0800. The third-order valence-corrected chi connectivity index (χ3v) is 6.15. The molecule has 1 aromatic heterocycles. The van der Waals surface area contributed by atoms with Crippen molar-refractivity contribution in [2.45, 2.75) is 6.92 Å². The van der Waals surface area contributed by atoms with Crippen LogP contribution in [0.15, 0.2) is 71.5 Å². The van der Waals surface area contributed by atoms with Crippen molar-refractivity contribution in [3.63, 3.8) is 0 Å². The second-order valence-corrected chi connectivity index (χ2v) is 8.80. The van der Waals surface area contributed by atoms with Gasteiger partial charge in [0.05, 0.1) is 27.9 Å². The summed E-state index contributed by atoms with van der Waals surface area (Å²) < 4.78 is 2.56. The lowest BCUT2D eigenvalue weighted by molar-refractivity contribution is -0.112. The number of likely N-dealkylation sites (N-methyl/N-ethyl adjacent to an activating group) is 1. The lowest BCUT2D eigenvalue weighted by atomic mass is 10.1. The van der Waals surface area contributed by atoms with Crippen LogP contribution in [-0.2, 0) is 4.79 Å². The van der Waals surface area contributed by atoms with E-state index in [4.69, 9.17) is 4.98 Å². The molecule has 6 heteroatoms. The highest BCUT2D eigenvalue weighted by Gasteiger charge is 2.29. The Labute approximate surface area is 192 Å². The first-order valence-corrected chi connectivity index (χ1v) is 10.9. The maximum atomic E-state index is 13.6. The molecule has 152 valence electrons. The number of carbonyl (C=O) groups is 1. The standard InChI is InChI=1S/C25H18IN3O2/c1-15-6-5-7-17(12-15)29-23(27-21-11-10-16(26)13-20(21)25(29)31)14-19-18-8-3-4-9-22(18)28(2)24(19)30/h3-14H,1-2H3/b19-14-. The number of benzene rings is 3. The summed E-state index contributed by atoms with van der Waals surface area (Å²) in [4.78, 5) is 33.0. The van der Waals surface area contributed by atoms with E-state index >= 15 is 0 Å². The smallest absolute Gasteiger partial charge is 0.266 e. The molecule has 4 aromatic rings. The molecule has 0 spiro atoms. The van der Waals surface area contributed by atoms with E-state index in [1.165, 1.54) is 0 Å². The topological polar surface area (TPSA) is 55.2 Å². The zero-order chi connectivity index (χ0) is 21.7. The SMILES string of the molecule is Cc1cccc(-n2c(/C=C3\C(=O)N(C)c4ccccc43)nc3ccc(I)cc3c2=O)c1. The van der Waals surface area contributed by atoms with Crippen LogP contribution >= 0.6 is 22.6 Å². The first-order chi connectivity index (χ1) is 14.9. The van der Waals surface area contributed by atoms with E-state index in [0.717, 1.165) is 26.1 Å². The molecule has 0 bridgehead atoms. The van der Waals surface area contributed by atoms with Crippen LogP contribution in [0, 0.1) is 10.5 Å². The first kappa shape index (κ1) is 19.7. The van der Waals surface area contributed by atoms with Crippen LogP contribution in [0.1, 0.15) is 17.0 Å². The van der Waals surface area contributed by atoms with Gasteiger partial charge in [0.25, 0.3) is 11.5 Å². The Hall–Kier alpha value is -3.26. The molecular weight excluding hydrogens is 501 g/mol. The van der Waals surface area contributed by atoms with Gasteiger partial charge < -0.3 is 4.90 Å². The molecule has 0 saturated carbocycles. The third kappa shape index (κ3) is 3.27. The Morgan fingerprint density at radius 2 is 1.77 bits per heavy atom. The van der Waals surface area contributed by atoms with Crippen molar-refractivity contribution in [3.8, 4) is 5.69 Å². The molecule has 3 aromatic carbocycles. The molecule has 0 saturated heterocycles. The quantitative estimate of drug-likeness (QED) is 0.282. The Morgan fingerprint density at radius 1 is 0.968 bits per heavy atom. The average molecular weight is 519 g/mol. The van der Waals surface area contributed by atoms with E-state index in [9.17, 15) is 9.59 Å². The predicted octanol–water partition coefficient (Wildman–Crippen LogP) is 4.82. The van der Waals surface area contributed by atoms with Crippen molar-refractivity contribution >= 4 is 56.7 Å². The summed E-state index contributed by atoms with van der Waals surface area (Å²) >= 11 is 2.19. The number of halogens is 1. The van der Waals surface area contributed by atoms with Gasteiger partial charge in [0.1, 0.15) is 5.82 Å². The van der Waals surface area contributed by atoms with Crippen molar-refractivity contribution in [2.24, 2.45) is 0 Å². The van der Waals surface area contributed by atoms with E-state index < -0.39 is 0 Å². The van der Waals surface area contributed by atoms with Crippen LogP contribution in [0.4, 0.5) is 5.69 Å². The molecule has 2 heterocycles. The fourth-order valence-electron chi connectivity index (χ4n) is 3.96.